The lowest BCUT2D eigenvalue weighted by molar-refractivity contribution is -0.120. The summed E-state index contributed by atoms with van der Waals surface area (Å²) in [6.45, 7) is 2.36. The molecule has 0 N–H and O–H groups in total. The zero-order valence-corrected chi connectivity index (χ0v) is 20.0. The standard InChI is InChI=1S/C26H23Cl2N5O/c27-21-6-7-23(28)22(14-21)24-10-13-32(26-20(15-29)16-30-33(24)26)25(34)17-31-11-8-19(9-12-31)18-4-2-1-3-5-18/h1-7,10,14,16,19H,8-9,11-13,17H2. The highest BCUT2D eigenvalue weighted by Crippen LogP contribution is 2.35. The molecule has 172 valence electrons. The Labute approximate surface area is 208 Å². The second-order valence-corrected chi connectivity index (χ2v) is 9.43. The van der Waals surface area contributed by atoms with E-state index >= 15 is 0 Å². The van der Waals surface area contributed by atoms with Gasteiger partial charge in [0.25, 0.3) is 0 Å². The minimum Gasteiger partial charge on any atom is -0.294 e. The lowest BCUT2D eigenvalue weighted by Crippen LogP contribution is -2.45. The minimum absolute atomic E-state index is 0.0519. The van der Waals surface area contributed by atoms with Crippen molar-refractivity contribution in [1.82, 2.24) is 14.7 Å². The molecule has 1 amide bonds. The number of nitrogens with zero attached hydrogens (tertiary/aromatic N) is 5. The minimum atomic E-state index is -0.0519. The Kier molecular flexibility index (Phi) is 6.42. The number of hydrogen-bond donors (Lipinski definition) is 0. The Bertz CT molecular complexity index is 1290. The number of nitriles is 1. The molecule has 1 fully saturated rings. The molecule has 1 aromatic heterocycles. The van der Waals surface area contributed by atoms with E-state index in [1.165, 1.54) is 11.8 Å². The van der Waals surface area contributed by atoms with E-state index in [-0.39, 0.29) is 5.91 Å². The van der Waals surface area contributed by atoms with Crippen molar-refractivity contribution in [2.45, 2.75) is 18.8 Å². The summed E-state index contributed by atoms with van der Waals surface area (Å²) in [4.78, 5) is 17.2. The number of benzene rings is 2. The Hall–Kier alpha value is -3.11. The summed E-state index contributed by atoms with van der Waals surface area (Å²) in [5, 5.41) is 15.1. The van der Waals surface area contributed by atoms with Gasteiger partial charge in [-0.2, -0.15) is 10.4 Å². The number of amides is 1. The molecule has 1 saturated heterocycles. The maximum atomic E-state index is 13.4. The van der Waals surface area contributed by atoms with E-state index in [1.54, 1.807) is 27.8 Å². The fourth-order valence-electron chi connectivity index (χ4n) is 4.77. The number of rotatable bonds is 4. The number of piperidine rings is 1. The van der Waals surface area contributed by atoms with E-state index in [0.29, 0.717) is 51.7 Å². The SMILES string of the molecule is N#Cc1cnn2c1N(C(=O)CN1CCC(c3ccccc3)CC1)CC=C2c1cc(Cl)ccc1Cl. The van der Waals surface area contributed by atoms with E-state index in [2.05, 4.69) is 40.3 Å². The largest absolute Gasteiger partial charge is 0.294 e. The highest BCUT2D eigenvalue weighted by atomic mass is 35.5. The van der Waals surface area contributed by atoms with Gasteiger partial charge in [0.05, 0.1) is 23.5 Å². The molecule has 0 radical (unpaired) electrons. The van der Waals surface area contributed by atoms with Crippen LogP contribution in [0.25, 0.3) is 5.70 Å². The van der Waals surface area contributed by atoms with E-state index in [4.69, 9.17) is 23.2 Å². The van der Waals surface area contributed by atoms with Crippen LogP contribution in [0, 0.1) is 11.3 Å². The lowest BCUT2D eigenvalue weighted by Gasteiger charge is -2.34. The number of hydrogen-bond acceptors (Lipinski definition) is 4. The van der Waals surface area contributed by atoms with Gasteiger partial charge in [0.1, 0.15) is 11.6 Å². The van der Waals surface area contributed by atoms with Gasteiger partial charge in [0.15, 0.2) is 5.82 Å². The third-order valence-corrected chi connectivity index (χ3v) is 7.10. The summed E-state index contributed by atoms with van der Waals surface area (Å²) >= 11 is 12.6. The van der Waals surface area contributed by atoms with Crippen LogP contribution in [0.2, 0.25) is 10.0 Å². The van der Waals surface area contributed by atoms with Crippen molar-refractivity contribution < 1.29 is 4.79 Å². The third-order valence-electron chi connectivity index (χ3n) is 6.54. The molecule has 5 rings (SSSR count). The quantitative estimate of drug-likeness (QED) is 0.504. The molecule has 3 heterocycles. The molecule has 2 aliphatic rings. The summed E-state index contributed by atoms with van der Waals surface area (Å²) in [6.07, 6.45) is 5.43. The highest BCUT2D eigenvalue weighted by molar-refractivity contribution is 6.34. The summed E-state index contributed by atoms with van der Waals surface area (Å²) in [6, 6.07) is 17.9. The monoisotopic (exact) mass is 491 g/mol. The van der Waals surface area contributed by atoms with Crippen molar-refractivity contribution in [3.8, 4) is 6.07 Å². The van der Waals surface area contributed by atoms with E-state index in [0.717, 1.165) is 25.9 Å². The van der Waals surface area contributed by atoms with Crippen LogP contribution in [0.4, 0.5) is 5.82 Å². The van der Waals surface area contributed by atoms with Crippen LogP contribution in [-0.2, 0) is 4.79 Å². The Morgan fingerprint density at radius 3 is 2.62 bits per heavy atom. The number of fused-ring (bicyclic) bond motifs is 1. The number of carbonyl (C=O) groups is 1. The Balaban J connectivity index is 1.34. The predicted molar refractivity (Wildman–Crippen MR) is 134 cm³/mol. The summed E-state index contributed by atoms with van der Waals surface area (Å²) in [5.74, 6) is 0.950. The van der Waals surface area contributed by atoms with Crippen molar-refractivity contribution >= 4 is 40.6 Å². The van der Waals surface area contributed by atoms with Crippen LogP contribution in [0.15, 0.2) is 60.8 Å². The Morgan fingerprint density at radius 1 is 1.12 bits per heavy atom. The molecule has 0 spiro atoms. The second kappa shape index (κ2) is 9.63. The van der Waals surface area contributed by atoms with Crippen molar-refractivity contribution in [2.24, 2.45) is 0 Å². The molecule has 0 atom stereocenters. The lowest BCUT2D eigenvalue weighted by atomic mass is 9.89. The summed E-state index contributed by atoms with van der Waals surface area (Å²) in [5.41, 5.74) is 3.12. The molecule has 34 heavy (non-hydrogen) atoms. The molecule has 8 heteroatoms. The van der Waals surface area contributed by atoms with Crippen LogP contribution in [0.3, 0.4) is 0 Å². The van der Waals surface area contributed by atoms with Gasteiger partial charge in [-0.05, 0) is 61.7 Å². The first-order valence-corrected chi connectivity index (χ1v) is 12.0. The maximum absolute atomic E-state index is 13.4. The van der Waals surface area contributed by atoms with Gasteiger partial charge in [-0.15, -0.1) is 0 Å². The van der Waals surface area contributed by atoms with Crippen LogP contribution in [0.5, 0.6) is 0 Å². The van der Waals surface area contributed by atoms with E-state index in [1.807, 2.05) is 12.1 Å². The van der Waals surface area contributed by atoms with Gasteiger partial charge >= 0.3 is 0 Å². The zero-order chi connectivity index (χ0) is 23.7. The average molecular weight is 492 g/mol. The van der Waals surface area contributed by atoms with Gasteiger partial charge < -0.3 is 0 Å². The fraction of sp³-hybridized carbons (Fsp3) is 0.269. The van der Waals surface area contributed by atoms with Gasteiger partial charge in [-0.3, -0.25) is 14.6 Å². The van der Waals surface area contributed by atoms with Crippen molar-refractivity contribution in [2.75, 3.05) is 31.1 Å². The fourth-order valence-corrected chi connectivity index (χ4v) is 5.16. The van der Waals surface area contributed by atoms with Gasteiger partial charge in [0.2, 0.25) is 5.91 Å². The van der Waals surface area contributed by atoms with Crippen LogP contribution in [-0.4, -0.2) is 46.8 Å². The summed E-state index contributed by atoms with van der Waals surface area (Å²) < 4.78 is 1.61. The summed E-state index contributed by atoms with van der Waals surface area (Å²) in [7, 11) is 0. The van der Waals surface area contributed by atoms with Gasteiger partial charge in [-0.1, -0.05) is 53.5 Å². The second-order valence-electron chi connectivity index (χ2n) is 8.58. The molecule has 2 aliphatic heterocycles. The van der Waals surface area contributed by atoms with Crippen LogP contribution >= 0.6 is 23.2 Å². The predicted octanol–water partition coefficient (Wildman–Crippen LogP) is 5.18. The van der Waals surface area contributed by atoms with Crippen molar-refractivity contribution in [1.29, 1.82) is 5.26 Å². The van der Waals surface area contributed by atoms with Gasteiger partial charge in [0, 0.05) is 17.1 Å². The number of halogens is 2. The molecule has 0 aliphatic carbocycles. The third kappa shape index (κ3) is 4.35. The molecule has 0 unspecified atom stereocenters. The topological polar surface area (TPSA) is 65.2 Å². The smallest absolute Gasteiger partial charge is 0.242 e. The normalized spacial score (nSPS) is 16.6. The maximum Gasteiger partial charge on any atom is 0.242 e. The van der Waals surface area contributed by atoms with Gasteiger partial charge in [-0.25, -0.2) is 4.68 Å². The number of aromatic nitrogens is 2. The first-order chi connectivity index (χ1) is 16.5. The molecule has 3 aromatic rings. The first kappa shape index (κ1) is 22.7. The van der Waals surface area contributed by atoms with Crippen LogP contribution < -0.4 is 4.90 Å². The number of likely N-dealkylation sites (tertiary alicyclic amines) is 1. The van der Waals surface area contributed by atoms with Crippen molar-refractivity contribution in [3.63, 3.8) is 0 Å². The number of anilines is 1. The molecular weight excluding hydrogens is 469 g/mol. The van der Waals surface area contributed by atoms with Crippen LogP contribution in [0.1, 0.15) is 35.4 Å². The van der Waals surface area contributed by atoms with Crippen molar-refractivity contribution in [3.05, 3.63) is 87.5 Å². The molecule has 2 aromatic carbocycles. The molecule has 0 bridgehead atoms. The highest BCUT2D eigenvalue weighted by Gasteiger charge is 2.31. The first-order valence-electron chi connectivity index (χ1n) is 11.3. The average Bonchev–Trinajstić information content (AvgIpc) is 3.30. The van der Waals surface area contributed by atoms with E-state index in [9.17, 15) is 10.1 Å². The molecular formula is C26H23Cl2N5O. The zero-order valence-electron chi connectivity index (χ0n) is 18.5. The molecule has 6 nitrogen and oxygen atoms in total. The van der Waals surface area contributed by atoms with E-state index < -0.39 is 0 Å². The Morgan fingerprint density at radius 2 is 1.88 bits per heavy atom. The molecule has 0 saturated carbocycles. The number of carbonyl (C=O) groups excluding carboxylic acids is 1.